The lowest BCUT2D eigenvalue weighted by Gasteiger charge is -2.19. The second kappa shape index (κ2) is 6.76. The molecule has 106 valence electrons. The summed E-state index contributed by atoms with van der Waals surface area (Å²) in [6, 6.07) is 4.49. The average Bonchev–Trinajstić information content (AvgIpc) is 2.78. The van der Waals surface area contributed by atoms with E-state index in [9.17, 15) is 14.4 Å². The second-order valence-corrected chi connectivity index (χ2v) is 5.85. The Balaban J connectivity index is 1.82. The monoisotopic (exact) mass is 312 g/mol. The van der Waals surface area contributed by atoms with Crippen LogP contribution in [0.1, 0.15) is 19.8 Å². The van der Waals surface area contributed by atoms with Gasteiger partial charge in [0.25, 0.3) is 0 Å². The first-order valence-corrected chi connectivity index (χ1v) is 7.98. The lowest BCUT2D eigenvalue weighted by Crippen LogP contribution is -2.42. The lowest BCUT2D eigenvalue weighted by molar-refractivity contribution is -0.151. The van der Waals surface area contributed by atoms with Crippen molar-refractivity contribution in [1.82, 2.24) is 9.88 Å². The molecule has 20 heavy (non-hydrogen) atoms. The molecule has 0 bridgehead atoms. The van der Waals surface area contributed by atoms with Gasteiger partial charge in [0.15, 0.2) is 0 Å². The van der Waals surface area contributed by atoms with Crippen LogP contribution in [0.3, 0.4) is 0 Å². The molecule has 1 atom stereocenters. The molecule has 1 fully saturated rings. The molecule has 8 heteroatoms. The van der Waals surface area contributed by atoms with Gasteiger partial charge in [0.2, 0.25) is 11.8 Å². The fourth-order valence-corrected chi connectivity index (χ4v) is 3.04. The molecule has 2 amide bonds. The Morgan fingerprint density at radius 2 is 2.05 bits per heavy atom. The SMILES string of the molecule is CC(C(=O)OSSc1ccccn1)N1C(=O)CCC1=O. The molecule has 0 radical (unpaired) electrons. The maximum Gasteiger partial charge on any atom is 0.341 e. The van der Waals surface area contributed by atoms with E-state index in [1.54, 1.807) is 18.3 Å². The van der Waals surface area contributed by atoms with Crippen molar-refractivity contribution in [2.45, 2.75) is 30.8 Å². The zero-order valence-electron chi connectivity index (χ0n) is 10.6. The fourth-order valence-electron chi connectivity index (χ4n) is 1.68. The number of hydrogen-bond donors (Lipinski definition) is 0. The molecule has 0 N–H and O–H groups in total. The summed E-state index contributed by atoms with van der Waals surface area (Å²) in [5.74, 6) is -1.29. The number of amides is 2. The maximum atomic E-state index is 11.8. The van der Waals surface area contributed by atoms with Crippen LogP contribution in [0.5, 0.6) is 0 Å². The topological polar surface area (TPSA) is 76.6 Å². The number of pyridine rings is 1. The number of likely N-dealkylation sites (tertiary alicyclic amines) is 1. The molecule has 1 aliphatic rings. The first-order valence-electron chi connectivity index (χ1n) is 5.90. The summed E-state index contributed by atoms with van der Waals surface area (Å²) >= 11 is 0.859. The molecule has 6 nitrogen and oxygen atoms in total. The first-order chi connectivity index (χ1) is 9.59. The number of nitrogens with zero attached hydrogens (tertiary/aromatic N) is 2. The normalized spacial score (nSPS) is 16.4. The van der Waals surface area contributed by atoms with Crippen LogP contribution >= 0.6 is 21.9 Å². The van der Waals surface area contributed by atoms with Gasteiger partial charge in [-0.3, -0.25) is 14.5 Å². The van der Waals surface area contributed by atoms with Crippen molar-refractivity contribution in [2.24, 2.45) is 0 Å². The van der Waals surface area contributed by atoms with Crippen molar-refractivity contribution in [2.75, 3.05) is 0 Å². The third-order valence-corrected chi connectivity index (χ3v) is 4.32. The average molecular weight is 312 g/mol. The third-order valence-electron chi connectivity index (χ3n) is 2.69. The highest BCUT2D eigenvalue weighted by Gasteiger charge is 2.37. The van der Waals surface area contributed by atoms with E-state index in [-0.39, 0.29) is 24.7 Å². The van der Waals surface area contributed by atoms with Crippen molar-refractivity contribution in [3.8, 4) is 0 Å². The van der Waals surface area contributed by atoms with Gasteiger partial charge in [-0.05, 0) is 19.1 Å². The largest absolute Gasteiger partial charge is 0.377 e. The summed E-state index contributed by atoms with van der Waals surface area (Å²) in [6.07, 6.45) is 1.95. The lowest BCUT2D eigenvalue weighted by atomic mass is 10.3. The summed E-state index contributed by atoms with van der Waals surface area (Å²) in [5, 5.41) is 0.700. The van der Waals surface area contributed by atoms with Gasteiger partial charge < -0.3 is 4.18 Å². The van der Waals surface area contributed by atoms with Crippen LogP contribution in [0.25, 0.3) is 0 Å². The Hall–Kier alpha value is -1.54. The number of aromatic nitrogens is 1. The number of carbonyl (C=O) groups excluding carboxylic acids is 3. The van der Waals surface area contributed by atoms with Gasteiger partial charge >= 0.3 is 5.97 Å². The van der Waals surface area contributed by atoms with Crippen molar-refractivity contribution < 1.29 is 18.6 Å². The van der Waals surface area contributed by atoms with Crippen molar-refractivity contribution in [3.63, 3.8) is 0 Å². The minimum absolute atomic E-state index is 0.159. The van der Waals surface area contributed by atoms with Crippen LogP contribution in [0, 0.1) is 0 Å². The Morgan fingerprint density at radius 3 is 2.65 bits per heavy atom. The van der Waals surface area contributed by atoms with Gasteiger partial charge in [0.1, 0.15) is 22.1 Å². The van der Waals surface area contributed by atoms with Gasteiger partial charge in [-0.25, -0.2) is 9.78 Å². The van der Waals surface area contributed by atoms with Crippen molar-refractivity contribution >= 4 is 39.7 Å². The highest BCUT2D eigenvalue weighted by molar-refractivity contribution is 8.75. The smallest absolute Gasteiger partial charge is 0.341 e. The van der Waals surface area contributed by atoms with Crippen molar-refractivity contribution in [3.05, 3.63) is 24.4 Å². The quantitative estimate of drug-likeness (QED) is 0.466. The predicted octanol–water partition coefficient (Wildman–Crippen LogP) is 1.82. The number of carbonyl (C=O) groups is 3. The molecule has 1 aliphatic heterocycles. The Bertz CT molecular complexity index is 507. The van der Waals surface area contributed by atoms with Gasteiger partial charge in [-0.2, -0.15) is 0 Å². The molecule has 0 spiro atoms. The van der Waals surface area contributed by atoms with Crippen LogP contribution in [-0.2, 0) is 18.6 Å². The molecule has 2 rings (SSSR count). The van der Waals surface area contributed by atoms with Crippen LogP contribution in [-0.4, -0.2) is 33.7 Å². The van der Waals surface area contributed by atoms with E-state index < -0.39 is 12.0 Å². The van der Waals surface area contributed by atoms with Crippen LogP contribution in [0.4, 0.5) is 0 Å². The number of imide groups is 1. The highest BCUT2D eigenvalue weighted by Crippen LogP contribution is 2.30. The minimum Gasteiger partial charge on any atom is -0.377 e. The minimum atomic E-state index is -0.894. The summed E-state index contributed by atoms with van der Waals surface area (Å²) in [6.45, 7) is 1.48. The zero-order chi connectivity index (χ0) is 14.5. The van der Waals surface area contributed by atoms with E-state index in [0.717, 1.165) is 16.0 Å². The third kappa shape index (κ3) is 3.51. The fraction of sp³-hybridized carbons (Fsp3) is 0.333. The van der Waals surface area contributed by atoms with E-state index >= 15 is 0 Å². The van der Waals surface area contributed by atoms with Gasteiger partial charge in [-0.1, -0.05) is 6.07 Å². The summed E-state index contributed by atoms with van der Waals surface area (Å²) < 4.78 is 4.97. The van der Waals surface area contributed by atoms with E-state index in [2.05, 4.69) is 4.98 Å². The molecule has 0 aliphatic carbocycles. The molecule has 1 aromatic rings. The molecule has 2 heterocycles. The van der Waals surface area contributed by atoms with Crippen LogP contribution in [0.15, 0.2) is 29.4 Å². The van der Waals surface area contributed by atoms with Crippen LogP contribution in [0.2, 0.25) is 0 Å². The van der Waals surface area contributed by atoms with E-state index in [1.807, 2.05) is 6.07 Å². The molecule has 0 aromatic carbocycles. The zero-order valence-corrected chi connectivity index (χ0v) is 12.3. The first kappa shape index (κ1) is 14.9. The predicted molar refractivity (Wildman–Crippen MR) is 74.3 cm³/mol. The van der Waals surface area contributed by atoms with Gasteiger partial charge in [0, 0.05) is 29.8 Å². The Kier molecular flexibility index (Phi) is 5.02. The summed E-state index contributed by atoms with van der Waals surface area (Å²) in [5.41, 5.74) is 0. The summed E-state index contributed by atoms with van der Waals surface area (Å²) in [4.78, 5) is 39.8. The summed E-state index contributed by atoms with van der Waals surface area (Å²) in [7, 11) is 1.18. The molecular weight excluding hydrogens is 300 g/mol. The standard InChI is InChI=1S/C12H12N2O4S2/c1-8(14-10(15)5-6-11(14)16)12(17)18-20-19-9-4-2-3-7-13-9/h2-4,7-8H,5-6H2,1H3. The molecule has 1 saturated heterocycles. The second-order valence-electron chi connectivity index (χ2n) is 4.06. The molecular formula is C12H12N2O4S2. The van der Waals surface area contributed by atoms with Crippen LogP contribution < -0.4 is 0 Å². The molecule has 1 unspecified atom stereocenters. The highest BCUT2D eigenvalue weighted by atomic mass is 33.1. The van der Waals surface area contributed by atoms with Gasteiger partial charge in [-0.15, -0.1) is 0 Å². The van der Waals surface area contributed by atoms with E-state index in [0.29, 0.717) is 5.03 Å². The molecule has 1 aromatic heterocycles. The number of hydrogen-bond acceptors (Lipinski definition) is 7. The maximum absolute atomic E-state index is 11.8. The molecule has 0 saturated carbocycles. The van der Waals surface area contributed by atoms with E-state index in [4.69, 9.17) is 4.18 Å². The number of rotatable bonds is 5. The Labute approximate surface area is 123 Å². The van der Waals surface area contributed by atoms with Crippen molar-refractivity contribution in [1.29, 1.82) is 0 Å². The van der Waals surface area contributed by atoms with E-state index in [1.165, 1.54) is 17.7 Å². The Morgan fingerprint density at radius 1 is 1.35 bits per heavy atom. The van der Waals surface area contributed by atoms with Gasteiger partial charge in [0.05, 0.1) is 0 Å².